The molecule has 1 aliphatic carbocycles. The standard InChI is InChI=1S/C20H26BFN2O3/c1-19(2)20(3,4)27-21(26-19)16(22)11-15-17(13-7-5-6-8-13)23-24-18(15)14-9-10-25-12-14/h9-13H,5-8H2,1-4H3,(H,23,24). The van der Waals surface area contributed by atoms with Crippen LogP contribution in [-0.4, -0.2) is 28.5 Å². The Balaban J connectivity index is 1.71. The number of aromatic amines is 1. The molecule has 0 radical (unpaired) electrons. The lowest BCUT2D eigenvalue weighted by molar-refractivity contribution is 0.00578. The molecule has 27 heavy (non-hydrogen) atoms. The molecule has 0 atom stereocenters. The summed E-state index contributed by atoms with van der Waals surface area (Å²) < 4.78 is 32.1. The van der Waals surface area contributed by atoms with Gasteiger partial charge in [0.15, 0.2) is 0 Å². The summed E-state index contributed by atoms with van der Waals surface area (Å²) in [5.74, 6) is 0.371. The second-order valence-electron chi connectivity index (χ2n) is 8.51. The molecule has 0 aromatic carbocycles. The second kappa shape index (κ2) is 6.64. The Morgan fingerprint density at radius 1 is 1.22 bits per heavy atom. The summed E-state index contributed by atoms with van der Waals surface area (Å²) in [6.45, 7) is 7.66. The van der Waals surface area contributed by atoms with Crippen LogP contribution in [0.5, 0.6) is 0 Å². The quantitative estimate of drug-likeness (QED) is 0.743. The number of hydrogen-bond donors (Lipinski definition) is 1. The van der Waals surface area contributed by atoms with Crippen LogP contribution in [0.1, 0.15) is 70.6 Å². The van der Waals surface area contributed by atoms with Crippen LogP contribution >= 0.6 is 0 Å². The average molecular weight is 372 g/mol. The van der Waals surface area contributed by atoms with Gasteiger partial charge in [-0.05, 0) is 52.7 Å². The van der Waals surface area contributed by atoms with Crippen LogP contribution in [0.2, 0.25) is 0 Å². The predicted octanol–water partition coefficient (Wildman–Crippen LogP) is 5.27. The smallest absolute Gasteiger partial charge is 0.472 e. The normalized spacial score (nSPS) is 22.7. The first kappa shape index (κ1) is 18.5. The van der Waals surface area contributed by atoms with Crippen molar-refractivity contribution in [2.24, 2.45) is 0 Å². The zero-order valence-corrected chi connectivity index (χ0v) is 16.3. The largest absolute Gasteiger partial charge is 0.525 e. The molecular formula is C20H26BFN2O3. The fourth-order valence-electron chi connectivity index (χ4n) is 3.82. The van der Waals surface area contributed by atoms with E-state index < -0.39 is 24.0 Å². The van der Waals surface area contributed by atoms with E-state index in [1.165, 1.54) is 18.9 Å². The first-order valence-corrected chi connectivity index (χ1v) is 9.62. The first-order valence-electron chi connectivity index (χ1n) is 9.62. The van der Waals surface area contributed by atoms with Crippen molar-refractivity contribution >= 4 is 13.2 Å². The van der Waals surface area contributed by atoms with E-state index in [0.717, 1.165) is 29.7 Å². The molecule has 7 heteroatoms. The third-order valence-electron chi connectivity index (χ3n) is 6.15. The minimum absolute atomic E-state index is 0.371. The first-order chi connectivity index (χ1) is 12.8. The van der Waals surface area contributed by atoms with E-state index in [1.807, 2.05) is 33.8 Å². The van der Waals surface area contributed by atoms with Crippen LogP contribution in [0.4, 0.5) is 4.39 Å². The number of furan rings is 1. The van der Waals surface area contributed by atoms with E-state index in [-0.39, 0.29) is 0 Å². The molecule has 0 unspecified atom stereocenters. The van der Waals surface area contributed by atoms with Gasteiger partial charge in [0.25, 0.3) is 0 Å². The van der Waals surface area contributed by atoms with Crippen molar-refractivity contribution < 1.29 is 18.1 Å². The van der Waals surface area contributed by atoms with Gasteiger partial charge in [-0.15, -0.1) is 0 Å². The maximum atomic E-state index is 15.2. The minimum Gasteiger partial charge on any atom is -0.472 e. The number of hydrogen-bond acceptors (Lipinski definition) is 4. The fraction of sp³-hybridized carbons (Fsp3) is 0.550. The summed E-state index contributed by atoms with van der Waals surface area (Å²) in [7, 11) is -1.02. The molecule has 0 spiro atoms. The third-order valence-corrected chi connectivity index (χ3v) is 6.15. The highest BCUT2D eigenvalue weighted by atomic mass is 19.1. The van der Waals surface area contributed by atoms with Gasteiger partial charge in [-0.3, -0.25) is 5.10 Å². The Bertz CT molecular complexity index is 820. The predicted molar refractivity (Wildman–Crippen MR) is 103 cm³/mol. The number of nitrogens with one attached hydrogen (secondary N) is 1. The number of H-pyrrole nitrogens is 1. The van der Waals surface area contributed by atoms with Gasteiger partial charge in [0.1, 0.15) is 11.4 Å². The van der Waals surface area contributed by atoms with E-state index in [2.05, 4.69) is 10.2 Å². The SMILES string of the molecule is CC1(C)OB(C(F)=Cc2c(-c3ccoc3)n[nH]c2C2CCCC2)OC1(C)C. The number of halogens is 1. The van der Waals surface area contributed by atoms with Gasteiger partial charge in [-0.1, -0.05) is 12.8 Å². The van der Waals surface area contributed by atoms with Crippen molar-refractivity contribution in [1.82, 2.24) is 10.2 Å². The molecule has 0 amide bonds. The lowest BCUT2D eigenvalue weighted by Gasteiger charge is -2.32. The van der Waals surface area contributed by atoms with E-state index in [0.29, 0.717) is 11.6 Å². The van der Waals surface area contributed by atoms with E-state index in [4.69, 9.17) is 13.7 Å². The van der Waals surface area contributed by atoms with Gasteiger partial charge >= 0.3 is 7.12 Å². The van der Waals surface area contributed by atoms with Crippen LogP contribution in [0, 0.1) is 0 Å². The Morgan fingerprint density at radius 2 is 1.89 bits per heavy atom. The van der Waals surface area contributed by atoms with Gasteiger partial charge in [0.05, 0.1) is 23.7 Å². The van der Waals surface area contributed by atoms with Crippen molar-refractivity contribution in [2.75, 3.05) is 0 Å². The van der Waals surface area contributed by atoms with Gasteiger partial charge < -0.3 is 13.7 Å². The zero-order valence-electron chi connectivity index (χ0n) is 16.3. The van der Waals surface area contributed by atoms with Gasteiger partial charge in [0.2, 0.25) is 0 Å². The monoisotopic (exact) mass is 372 g/mol. The van der Waals surface area contributed by atoms with Crippen molar-refractivity contribution in [3.8, 4) is 11.3 Å². The topological polar surface area (TPSA) is 60.3 Å². The Morgan fingerprint density at radius 3 is 2.48 bits per heavy atom. The summed E-state index contributed by atoms with van der Waals surface area (Å²) in [5, 5.41) is 7.61. The number of aromatic nitrogens is 2. The summed E-state index contributed by atoms with van der Waals surface area (Å²) in [5.41, 5.74) is 1.65. The Kier molecular flexibility index (Phi) is 4.55. The van der Waals surface area contributed by atoms with Crippen molar-refractivity contribution in [3.05, 3.63) is 35.6 Å². The summed E-state index contributed by atoms with van der Waals surface area (Å²) in [6.07, 6.45) is 9.29. The summed E-state index contributed by atoms with van der Waals surface area (Å²) >= 11 is 0. The van der Waals surface area contributed by atoms with Crippen LogP contribution in [0.3, 0.4) is 0 Å². The molecule has 2 fully saturated rings. The van der Waals surface area contributed by atoms with Gasteiger partial charge in [-0.2, -0.15) is 5.10 Å². The molecule has 2 aliphatic rings. The molecule has 1 saturated carbocycles. The van der Waals surface area contributed by atoms with Crippen LogP contribution in [-0.2, 0) is 9.31 Å². The molecular weight excluding hydrogens is 346 g/mol. The molecule has 144 valence electrons. The van der Waals surface area contributed by atoms with E-state index >= 15 is 4.39 Å². The molecule has 2 aromatic heterocycles. The summed E-state index contributed by atoms with van der Waals surface area (Å²) in [4.78, 5) is 0. The zero-order chi connectivity index (χ0) is 19.2. The third kappa shape index (κ3) is 3.27. The van der Waals surface area contributed by atoms with Crippen molar-refractivity contribution in [2.45, 2.75) is 70.5 Å². The summed E-state index contributed by atoms with van der Waals surface area (Å²) in [6, 6.07) is 1.83. The maximum Gasteiger partial charge on any atom is 0.525 e. The molecule has 4 rings (SSSR count). The molecule has 5 nitrogen and oxygen atoms in total. The highest BCUT2D eigenvalue weighted by Gasteiger charge is 2.53. The molecule has 1 aliphatic heterocycles. The van der Waals surface area contributed by atoms with E-state index in [1.54, 1.807) is 12.5 Å². The van der Waals surface area contributed by atoms with Crippen molar-refractivity contribution in [3.63, 3.8) is 0 Å². The Hall–Kier alpha value is -1.86. The number of nitrogens with zero attached hydrogens (tertiary/aromatic N) is 1. The maximum absolute atomic E-state index is 15.2. The van der Waals surface area contributed by atoms with Gasteiger partial charge in [-0.25, -0.2) is 4.39 Å². The van der Waals surface area contributed by atoms with Gasteiger partial charge in [0, 0.05) is 22.7 Å². The lowest BCUT2D eigenvalue weighted by Crippen LogP contribution is -2.41. The van der Waals surface area contributed by atoms with Crippen LogP contribution in [0.25, 0.3) is 17.3 Å². The molecule has 0 bridgehead atoms. The molecule has 3 heterocycles. The number of rotatable bonds is 4. The molecule has 1 saturated heterocycles. The molecule has 2 aromatic rings. The van der Waals surface area contributed by atoms with E-state index in [9.17, 15) is 0 Å². The second-order valence-corrected chi connectivity index (χ2v) is 8.51. The molecule has 1 N–H and O–H groups in total. The Labute approximate surface area is 159 Å². The fourth-order valence-corrected chi connectivity index (χ4v) is 3.82. The highest BCUT2D eigenvalue weighted by Crippen LogP contribution is 2.41. The average Bonchev–Trinajstić information content (AvgIpc) is 3.35. The lowest BCUT2D eigenvalue weighted by atomic mass is 9.85. The van der Waals surface area contributed by atoms with Crippen molar-refractivity contribution in [1.29, 1.82) is 0 Å². The highest BCUT2D eigenvalue weighted by molar-refractivity contribution is 6.54. The van der Waals surface area contributed by atoms with Crippen LogP contribution < -0.4 is 0 Å². The minimum atomic E-state index is -1.02. The van der Waals surface area contributed by atoms with Crippen LogP contribution in [0.15, 0.2) is 28.7 Å².